The highest BCUT2D eigenvalue weighted by molar-refractivity contribution is 5.91. The average molecular weight is 403 g/mol. The number of nitrogens with zero attached hydrogens (tertiary/aromatic N) is 5. The van der Waals surface area contributed by atoms with Gasteiger partial charge in [0, 0.05) is 44.1 Å². The predicted octanol–water partition coefficient (Wildman–Crippen LogP) is 2.96. The Hall–Kier alpha value is -3.81. The third kappa shape index (κ3) is 3.16. The van der Waals surface area contributed by atoms with Crippen LogP contribution in [0.25, 0.3) is 16.9 Å². The van der Waals surface area contributed by atoms with E-state index >= 15 is 0 Å². The minimum absolute atomic E-state index is 0.0769. The van der Waals surface area contributed by atoms with Crippen LogP contribution in [0.1, 0.15) is 10.6 Å². The van der Waals surface area contributed by atoms with Gasteiger partial charge in [0.25, 0.3) is 5.91 Å². The summed E-state index contributed by atoms with van der Waals surface area (Å²) in [5, 5.41) is 0. The van der Waals surface area contributed by atoms with Gasteiger partial charge in [-0.1, -0.05) is 12.1 Å². The number of carbonyl (C=O) groups excluding carboxylic acids is 1. The van der Waals surface area contributed by atoms with Gasteiger partial charge in [0.15, 0.2) is 17.2 Å². The number of hydrogen-bond acceptors (Lipinski definition) is 6. The molecule has 0 atom stereocenters. The van der Waals surface area contributed by atoms with Crippen LogP contribution < -0.4 is 9.64 Å². The lowest BCUT2D eigenvalue weighted by Gasteiger charge is -2.35. The summed E-state index contributed by atoms with van der Waals surface area (Å²) in [4.78, 5) is 25.8. The van der Waals surface area contributed by atoms with Gasteiger partial charge in [-0.25, -0.2) is 9.97 Å². The number of methoxy groups -OCH3 is 1. The summed E-state index contributed by atoms with van der Waals surface area (Å²) in [5.41, 5.74) is 2.74. The summed E-state index contributed by atoms with van der Waals surface area (Å²) in [6.07, 6.45) is 7.10. The van der Waals surface area contributed by atoms with Crippen molar-refractivity contribution in [3.63, 3.8) is 0 Å². The zero-order valence-corrected chi connectivity index (χ0v) is 16.6. The quantitative estimate of drug-likeness (QED) is 0.522. The van der Waals surface area contributed by atoms with Crippen molar-refractivity contribution in [2.45, 2.75) is 0 Å². The molecule has 1 fully saturated rings. The lowest BCUT2D eigenvalue weighted by Crippen LogP contribution is -2.49. The van der Waals surface area contributed by atoms with Gasteiger partial charge < -0.3 is 19.0 Å². The van der Waals surface area contributed by atoms with Crippen LogP contribution in [0.3, 0.4) is 0 Å². The molecule has 8 heteroatoms. The van der Waals surface area contributed by atoms with Gasteiger partial charge in [0.05, 0.1) is 25.3 Å². The third-order valence-electron chi connectivity index (χ3n) is 5.37. The maximum Gasteiger partial charge on any atom is 0.289 e. The van der Waals surface area contributed by atoms with E-state index in [-0.39, 0.29) is 5.91 Å². The first-order valence-electron chi connectivity index (χ1n) is 9.79. The van der Waals surface area contributed by atoms with Gasteiger partial charge >= 0.3 is 0 Å². The van der Waals surface area contributed by atoms with Crippen molar-refractivity contribution in [2.75, 3.05) is 38.2 Å². The van der Waals surface area contributed by atoms with Gasteiger partial charge in [0.1, 0.15) is 5.75 Å². The lowest BCUT2D eigenvalue weighted by atomic mass is 10.1. The van der Waals surface area contributed by atoms with Crippen molar-refractivity contribution in [1.29, 1.82) is 0 Å². The third-order valence-corrected chi connectivity index (χ3v) is 5.37. The molecule has 0 N–H and O–H groups in total. The molecular weight excluding hydrogens is 382 g/mol. The Labute approximate surface area is 173 Å². The van der Waals surface area contributed by atoms with Crippen LogP contribution in [-0.4, -0.2) is 58.5 Å². The summed E-state index contributed by atoms with van der Waals surface area (Å²) >= 11 is 0. The fourth-order valence-corrected chi connectivity index (χ4v) is 3.80. The Balaban J connectivity index is 1.40. The molecule has 0 spiro atoms. The number of furan rings is 1. The van der Waals surface area contributed by atoms with Crippen molar-refractivity contribution in [1.82, 2.24) is 19.3 Å². The monoisotopic (exact) mass is 403 g/mol. The van der Waals surface area contributed by atoms with Gasteiger partial charge in [-0.15, -0.1) is 0 Å². The largest absolute Gasteiger partial charge is 0.497 e. The predicted molar refractivity (Wildman–Crippen MR) is 112 cm³/mol. The van der Waals surface area contributed by atoms with E-state index in [9.17, 15) is 4.79 Å². The number of piperazine rings is 1. The van der Waals surface area contributed by atoms with Crippen LogP contribution >= 0.6 is 0 Å². The number of hydrogen-bond donors (Lipinski definition) is 0. The van der Waals surface area contributed by atoms with Crippen molar-refractivity contribution in [3.8, 4) is 17.0 Å². The molecule has 1 amide bonds. The zero-order chi connectivity index (χ0) is 20.5. The topological polar surface area (TPSA) is 76.1 Å². The second-order valence-corrected chi connectivity index (χ2v) is 7.08. The molecule has 152 valence electrons. The minimum atomic E-state index is -0.0769. The Morgan fingerprint density at radius 3 is 2.73 bits per heavy atom. The highest BCUT2D eigenvalue weighted by Crippen LogP contribution is 2.28. The van der Waals surface area contributed by atoms with Crippen LogP contribution in [0.4, 0.5) is 5.82 Å². The molecule has 1 aliphatic rings. The molecule has 5 rings (SSSR count). The normalized spacial score (nSPS) is 14.3. The van der Waals surface area contributed by atoms with E-state index in [4.69, 9.17) is 14.1 Å². The van der Waals surface area contributed by atoms with Crippen LogP contribution in [0, 0.1) is 0 Å². The van der Waals surface area contributed by atoms with E-state index in [0.717, 1.165) is 28.5 Å². The summed E-state index contributed by atoms with van der Waals surface area (Å²) in [5.74, 6) is 1.91. The van der Waals surface area contributed by atoms with E-state index in [1.54, 1.807) is 25.4 Å². The summed E-state index contributed by atoms with van der Waals surface area (Å²) in [7, 11) is 1.66. The summed E-state index contributed by atoms with van der Waals surface area (Å²) in [6, 6.07) is 11.3. The molecule has 3 aromatic heterocycles. The number of rotatable bonds is 4. The molecular formula is C22H21N5O3. The van der Waals surface area contributed by atoms with Gasteiger partial charge in [0.2, 0.25) is 0 Å². The van der Waals surface area contributed by atoms with E-state index in [1.807, 2.05) is 46.0 Å². The minimum Gasteiger partial charge on any atom is -0.497 e. The zero-order valence-electron chi connectivity index (χ0n) is 16.6. The first kappa shape index (κ1) is 18.2. The molecule has 8 nitrogen and oxygen atoms in total. The van der Waals surface area contributed by atoms with Gasteiger partial charge in [-0.2, -0.15) is 0 Å². The van der Waals surface area contributed by atoms with Crippen molar-refractivity contribution >= 4 is 17.4 Å². The molecule has 0 bridgehead atoms. The average Bonchev–Trinajstić information content (AvgIpc) is 3.50. The smallest absolute Gasteiger partial charge is 0.289 e. The number of fused-ring (bicyclic) bond motifs is 1. The fourth-order valence-electron chi connectivity index (χ4n) is 3.80. The second kappa shape index (κ2) is 7.55. The standard InChI is InChI=1S/C22H21N5O3/c1-29-17-5-2-4-16(14-17)18-15-24-20(21-23-7-8-27(18)21)25-9-11-26(12-10-25)22(28)19-6-3-13-30-19/h2-8,13-15H,9-12H2,1H3. The number of amides is 1. The molecule has 4 aromatic rings. The van der Waals surface area contributed by atoms with Gasteiger partial charge in [-0.3, -0.25) is 9.20 Å². The fraction of sp³-hybridized carbons (Fsp3) is 0.227. The number of imidazole rings is 1. The Morgan fingerprint density at radius 1 is 1.10 bits per heavy atom. The Kier molecular flexibility index (Phi) is 4.59. The highest BCUT2D eigenvalue weighted by Gasteiger charge is 2.26. The van der Waals surface area contributed by atoms with Crippen molar-refractivity contribution < 1.29 is 13.9 Å². The first-order valence-corrected chi connectivity index (χ1v) is 9.79. The number of aromatic nitrogens is 3. The molecule has 4 heterocycles. The summed E-state index contributed by atoms with van der Waals surface area (Å²) in [6.45, 7) is 2.57. The Morgan fingerprint density at radius 2 is 1.97 bits per heavy atom. The van der Waals surface area contributed by atoms with Crippen LogP contribution in [0.2, 0.25) is 0 Å². The van der Waals surface area contributed by atoms with Gasteiger partial charge in [-0.05, 0) is 24.3 Å². The van der Waals surface area contributed by atoms with Crippen molar-refractivity contribution in [3.05, 3.63) is 67.0 Å². The number of benzene rings is 1. The number of anilines is 1. The van der Waals surface area contributed by atoms with E-state index in [2.05, 4.69) is 9.88 Å². The highest BCUT2D eigenvalue weighted by atomic mass is 16.5. The maximum atomic E-state index is 12.5. The molecule has 30 heavy (non-hydrogen) atoms. The molecule has 0 saturated carbocycles. The van der Waals surface area contributed by atoms with Crippen LogP contribution in [0.5, 0.6) is 5.75 Å². The summed E-state index contributed by atoms with van der Waals surface area (Å²) < 4.78 is 12.6. The molecule has 0 aliphatic carbocycles. The lowest BCUT2D eigenvalue weighted by molar-refractivity contribution is 0.0714. The molecule has 1 saturated heterocycles. The van der Waals surface area contributed by atoms with E-state index in [1.165, 1.54) is 6.26 Å². The van der Waals surface area contributed by atoms with E-state index in [0.29, 0.717) is 31.9 Å². The van der Waals surface area contributed by atoms with Crippen molar-refractivity contribution in [2.24, 2.45) is 0 Å². The SMILES string of the molecule is COc1cccc(-c2cnc(N3CCN(C(=O)c4ccco4)CC3)c3nccn23)c1. The number of carbonyl (C=O) groups is 1. The Bertz CT molecular complexity index is 1180. The molecule has 1 aromatic carbocycles. The molecule has 1 aliphatic heterocycles. The molecule has 0 radical (unpaired) electrons. The number of ether oxygens (including phenoxy) is 1. The van der Waals surface area contributed by atoms with Crippen LogP contribution in [0.15, 0.2) is 65.7 Å². The first-order chi connectivity index (χ1) is 14.7. The van der Waals surface area contributed by atoms with Crippen LogP contribution in [-0.2, 0) is 0 Å². The maximum absolute atomic E-state index is 12.5. The van der Waals surface area contributed by atoms with E-state index < -0.39 is 0 Å². The molecule has 0 unspecified atom stereocenters. The second-order valence-electron chi connectivity index (χ2n) is 7.08.